The van der Waals surface area contributed by atoms with Crippen LogP contribution in [0.4, 0.5) is 5.69 Å². The van der Waals surface area contributed by atoms with E-state index >= 15 is 0 Å². The number of benzene rings is 2. The second-order valence-corrected chi connectivity index (χ2v) is 10.5. The number of nitrogens with zero attached hydrogens (tertiary/aromatic N) is 4. The van der Waals surface area contributed by atoms with Gasteiger partial charge in [-0.25, -0.2) is 0 Å². The molecule has 7 heteroatoms. The Morgan fingerprint density at radius 1 is 1.06 bits per heavy atom. The highest BCUT2D eigenvalue weighted by Gasteiger charge is 2.28. The van der Waals surface area contributed by atoms with E-state index in [0.29, 0.717) is 24.8 Å². The van der Waals surface area contributed by atoms with Crippen molar-refractivity contribution in [3.05, 3.63) is 66.1 Å². The molecule has 0 radical (unpaired) electrons. The number of carbonyl (C=O) groups excluding carboxylic acids is 1. The molecule has 3 aromatic rings. The van der Waals surface area contributed by atoms with Crippen molar-refractivity contribution in [2.24, 2.45) is 11.8 Å². The van der Waals surface area contributed by atoms with Crippen LogP contribution < -0.4 is 10.2 Å². The molecule has 3 unspecified atom stereocenters. The zero-order valence-corrected chi connectivity index (χ0v) is 21.4. The van der Waals surface area contributed by atoms with Gasteiger partial charge in [0.25, 0.3) is 0 Å². The van der Waals surface area contributed by atoms with Crippen molar-refractivity contribution in [3.8, 4) is 11.4 Å². The van der Waals surface area contributed by atoms with E-state index in [1.54, 1.807) is 0 Å². The molecule has 2 fully saturated rings. The van der Waals surface area contributed by atoms with Crippen LogP contribution in [0.1, 0.15) is 57.0 Å². The quantitative estimate of drug-likeness (QED) is 0.502. The average Bonchev–Trinajstić information content (AvgIpc) is 3.38. The molecular weight excluding hydrogens is 450 g/mol. The molecule has 0 bridgehead atoms. The van der Waals surface area contributed by atoms with Gasteiger partial charge in [-0.1, -0.05) is 54.5 Å². The van der Waals surface area contributed by atoms with Gasteiger partial charge in [-0.15, -0.1) is 0 Å². The molecule has 2 aromatic carbocycles. The minimum atomic E-state index is -0.0353. The van der Waals surface area contributed by atoms with E-state index in [4.69, 9.17) is 4.52 Å². The fourth-order valence-corrected chi connectivity index (χ4v) is 5.44. The SMILES string of the molecule is CC1CCCN(c2ccc(C(C)NC(=O)C3CCCN(Cc4nc(-c5ccccc5)no4)C3)cc2)C1. The van der Waals surface area contributed by atoms with E-state index in [9.17, 15) is 4.79 Å². The van der Waals surface area contributed by atoms with Gasteiger partial charge >= 0.3 is 0 Å². The van der Waals surface area contributed by atoms with E-state index in [-0.39, 0.29) is 17.9 Å². The summed E-state index contributed by atoms with van der Waals surface area (Å²) in [4.78, 5) is 22.4. The number of aromatic nitrogens is 2. The topological polar surface area (TPSA) is 74.5 Å². The van der Waals surface area contributed by atoms with Gasteiger partial charge in [0.2, 0.25) is 17.6 Å². The van der Waals surface area contributed by atoms with Gasteiger partial charge in [-0.05, 0) is 62.8 Å². The smallest absolute Gasteiger partial charge is 0.241 e. The van der Waals surface area contributed by atoms with Crippen molar-refractivity contribution in [3.63, 3.8) is 0 Å². The Balaban J connectivity index is 1.14. The molecule has 0 aliphatic carbocycles. The van der Waals surface area contributed by atoms with E-state index in [1.165, 1.54) is 18.5 Å². The normalized spacial score (nSPS) is 21.8. The fraction of sp³-hybridized carbons (Fsp3) is 0.483. The van der Waals surface area contributed by atoms with E-state index in [2.05, 4.69) is 63.4 Å². The van der Waals surface area contributed by atoms with Crippen LogP contribution in [0.25, 0.3) is 11.4 Å². The molecule has 7 nitrogen and oxygen atoms in total. The molecule has 5 rings (SSSR count). The van der Waals surface area contributed by atoms with E-state index in [1.807, 2.05) is 30.3 Å². The number of carbonyl (C=O) groups is 1. The lowest BCUT2D eigenvalue weighted by Gasteiger charge is -2.33. The molecule has 2 aliphatic heterocycles. The van der Waals surface area contributed by atoms with Gasteiger partial charge in [0.1, 0.15) is 0 Å². The number of hydrogen-bond acceptors (Lipinski definition) is 6. The highest BCUT2D eigenvalue weighted by molar-refractivity contribution is 5.79. The second kappa shape index (κ2) is 11.2. The molecule has 0 spiro atoms. The molecule has 190 valence electrons. The van der Waals surface area contributed by atoms with Gasteiger partial charge in [0.05, 0.1) is 18.5 Å². The van der Waals surface area contributed by atoms with Crippen LogP contribution in [0.15, 0.2) is 59.1 Å². The van der Waals surface area contributed by atoms with Crippen LogP contribution in [-0.2, 0) is 11.3 Å². The van der Waals surface area contributed by atoms with Gasteiger partial charge in [-0.2, -0.15) is 4.98 Å². The third-order valence-electron chi connectivity index (χ3n) is 7.51. The number of hydrogen-bond donors (Lipinski definition) is 1. The molecule has 0 saturated carbocycles. The number of amides is 1. The Kier molecular flexibility index (Phi) is 7.66. The van der Waals surface area contributed by atoms with E-state index < -0.39 is 0 Å². The average molecular weight is 488 g/mol. The van der Waals surface area contributed by atoms with Crippen molar-refractivity contribution < 1.29 is 9.32 Å². The number of piperidine rings is 2. The van der Waals surface area contributed by atoms with Gasteiger partial charge < -0.3 is 14.7 Å². The van der Waals surface area contributed by atoms with Crippen LogP contribution in [0.2, 0.25) is 0 Å². The number of likely N-dealkylation sites (tertiary alicyclic amines) is 1. The molecular formula is C29H37N5O2. The lowest BCUT2D eigenvalue weighted by molar-refractivity contribution is -0.127. The number of nitrogens with one attached hydrogen (secondary N) is 1. The number of rotatable bonds is 7. The predicted octanol–water partition coefficient (Wildman–Crippen LogP) is 5.06. The van der Waals surface area contributed by atoms with Gasteiger partial charge in [-0.3, -0.25) is 9.69 Å². The third kappa shape index (κ3) is 5.95. The Morgan fingerprint density at radius 3 is 2.61 bits per heavy atom. The van der Waals surface area contributed by atoms with Crippen LogP contribution in [0.5, 0.6) is 0 Å². The minimum absolute atomic E-state index is 0.0217. The van der Waals surface area contributed by atoms with Crippen LogP contribution in [0.3, 0.4) is 0 Å². The van der Waals surface area contributed by atoms with Crippen LogP contribution in [-0.4, -0.2) is 47.1 Å². The molecule has 2 aliphatic rings. The summed E-state index contributed by atoms with van der Waals surface area (Å²) in [6, 6.07) is 18.5. The predicted molar refractivity (Wildman–Crippen MR) is 141 cm³/mol. The lowest BCUT2D eigenvalue weighted by Crippen LogP contribution is -2.43. The largest absolute Gasteiger partial charge is 0.371 e. The summed E-state index contributed by atoms with van der Waals surface area (Å²) in [6.07, 6.45) is 4.46. The highest BCUT2D eigenvalue weighted by Crippen LogP contribution is 2.26. The first-order chi connectivity index (χ1) is 17.5. The molecule has 2 saturated heterocycles. The zero-order chi connectivity index (χ0) is 24.9. The van der Waals surface area contributed by atoms with Crippen LogP contribution >= 0.6 is 0 Å². The summed E-state index contributed by atoms with van der Waals surface area (Å²) in [7, 11) is 0. The minimum Gasteiger partial charge on any atom is -0.371 e. The Bertz CT molecular complexity index is 1130. The first-order valence-electron chi connectivity index (χ1n) is 13.3. The summed E-state index contributed by atoms with van der Waals surface area (Å²) >= 11 is 0. The summed E-state index contributed by atoms with van der Waals surface area (Å²) in [5.41, 5.74) is 3.36. The summed E-state index contributed by atoms with van der Waals surface area (Å²) < 4.78 is 5.49. The molecule has 1 amide bonds. The van der Waals surface area contributed by atoms with Crippen LogP contribution in [0, 0.1) is 11.8 Å². The molecule has 36 heavy (non-hydrogen) atoms. The van der Waals surface area contributed by atoms with Crippen molar-refractivity contribution >= 4 is 11.6 Å². The Hall–Kier alpha value is -3.19. The lowest BCUT2D eigenvalue weighted by atomic mass is 9.96. The Morgan fingerprint density at radius 2 is 1.83 bits per heavy atom. The first-order valence-corrected chi connectivity index (χ1v) is 13.3. The first kappa shape index (κ1) is 24.5. The molecule has 3 atom stereocenters. The maximum Gasteiger partial charge on any atom is 0.241 e. The highest BCUT2D eigenvalue weighted by atomic mass is 16.5. The summed E-state index contributed by atoms with van der Waals surface area (Å²) in [5.74, 6) is 2.03. The Labute approximate surface area is 213 Å². The maximum atomic E-state index is 13.1. The molecule has 1 N–H and O–H groups in total. The van der Waals surface area contributed by atoms with E-state index in [0.717, 1.165) is 49.5 Å². The summed E-state index contributed by atoms with van der Waals surface area (Å²) in [5, 5.41) is 7.37. The molecule has 1 aromatic heterocycles. The summed E-state index contributed by atoms with van der Waals surface area (Å²) in [6.45, 7) is 8.85. The monoisotopic (exact) mass is 487 g/mol. The maximum absolute atomic E-state index is 13.1. The third-order valence-corrected chi connectivity index (χ3v) is 7.51. The van der Waals surface area contributed by atoms with Gasteiger partial charge in [0.15, 0.2) is 0 Å². The zero-order valence-electron chi connectivity index (χ0n) is 21.4. The molecule has 3 heterocycles. The van der Waals surface area contributed by atoms with Crippen molar-refractivity contribution in [2.75, 3.05) is 31.1 Å². The van der Waals surface area contributed by atoms with Crippen molar-refractivity contribution in [1.82, 2.24) is 20.4 Å². The van der Waals surface area contributed by atoms with Crippen molar-refractivity contribution in [2.45, 2.75) is 52.1 Å². The second-order valence-electron chi connectivity index (χ2n) is 10.5. The standard InChI is InChI=1S/C29H37N5O2/c1-21-8-6-17-34(18-21)26-14-12-23(13-15-26)22(2)30-29(35)25-11-7-16-33(19-25)20-27-31-28(32-36-27)24-9-4-3-5-10-24/h3-5,9-10,12-15,21-22,25H,6-8,11,16-20H2,1-2H3,(H,30,35). The number of anilines is 1. The fourth-order valence-electron chi connectivity index (χ4n) is 5.44. The van der Waals surface area contributed by atoms with Gasteiger partial charge in [0, 0.05) is 30.9 Å². The van der Waals surface area contributed by atoms with Crippen molar-refractivity contribution in [1.29, 1.82) is 0 Å².